The zero-order valence-electron chi connectivity index (χ0n) is 9.87. The number of alkyl halides is 3. The summed E-state index contributed by atoms with van der Waals surface area (Å²) in [5.74, 6) is 0. The lowest BCUT2D eigenvalue weighted by atomic mass is 9.95. The van der Waals surface area contributed by atoms with Crippen molar-refractivity contribution in [2.45, 2.75) is 44.1 Å². The van der Waals surface area contributed by atoms with Gasteiger partial charge in [0.2, 0.25) is 0 Å². The van der Waals surface area contributed by atoms with Crippen molar-refractivity contribution < 1.29 is 13.2 Å². The fraction of sp³-hybridized carbons (Fsp3) is 0.538. The highest BCUT2D eigenvalue weighted by Crippen LogP contribution is 2.41. The molecule has 5 heteroatoms. The second-order valence-corrected chi connectivity index (χ2v) is 5.09. The summed E-state index contributed by atoms with van der Waals surface area (Å²) in [7, 11) is 0. The molecule has 2 aliphatic heterocycles. The Hall–Kier alpha value is -1.23. The molecular formula is C13H15F3N2. The summed E-state index contributed by atoms with van der Waals surface area (Å²) in [6.45, 7) is 0. The van der Waals surface area contributed by atoms with Crippen molar-refractivity contribution in [3.8, 4) is 0 Å². The van der Waals surface area contributed by atoms with Crippen LogP contribution in [0.15, 0.2) is 18.2 Å². The van der Waals surface area contributed by atoms with E-state index in [9.17, 15) is 13.2 Å². The minimum atomic E-state index is -4.29. The van der Waals surface area contributed by atoms with Crippen molar-refractivity contribution in [3.63, 3.8) is 0 Å². The van der Waals surface area contributed by atoms with E-state index in [1.54, 1.807) is 6.07 Å². The van der Waals surface area contributed by atoms with E-state index in [1.165, 1.54) is 12.1 Å². The van der Waals surface area contributed by atoms with E-state index in [0.717, 1.165) is 31.2 Å². The molecule has 1 fully saturated rings. The maximum atomic E-state index is 12.7. The van der Waals surface area contributed by atoms with Crippen molar-refractivity contribution in [3.05, 3.63) is 29.3 Å². The van der Waals surface area contributed by atoms with Crippen LogP contribution in [-0.4, -0.2) is 12.2 Å². The SMILES string of the molecule is NC1CCC2CCc3ccc(C(F)(F)F)cc3N12. The second-order valence-electron chi connectivity index (χ2n) is 5.09. The van der Waals surface area contributed by atoms with Crippen LogP contribution in [0.4, 0.5) is 18.9 Å². The Morgan fingerprint density at radius 1 is 1.17 bits per heavy atom. The third kappa shape index (κ3) is 1.77. The Balaban J connectivity index is 2.06. The number of anilines is 1. The third-order valence-electron chi connectivity index (χ3n) is 3.98. The molecule has 98 valence electrons. The molecular weight excluding hydrogens is 241 g/mol. The molecule has 0 radical (unpaired) electrons. The highest BCUT2D eigenvalue weighted by molar-refractivity contribution is 5.60. The summed E-state index contributed by atoms with van der Waals surface area (Å²) in [6.07, 6.45) is -0.742. The first kappa shape index (κ1) is 11.8. The van der Waals surface area contributed by atoms with E-state index in [-0.39, 0.29) is 6.17 Å². The van der Waals surface area contributed by atoms with Gasteiger partial charge in [-0.2, -0.15) is 13.2 Å². The quantitative estimate of drug-likeness (QED) is 0.773. The molecule has 0 aromatic heterocycles. The highest BCUT2D eigenvalue weighted by Gasteiger charge is 2.37. The average Bonchev–Trinajstić information content (AvgIpc) is 2.69. The number of hydrogen-bond acceptors (Lipinski definition) is 2. The van der Waals surface area contributed by atoms with E-state index in [1.807, 2.05) is 4.90 Å². The molecule has 18 heavy (non-hydrogen) atoms. The van der Waals surface area contributed by atoms with Crippen molar-refractivity contribution >= 4 is 5.69 Å². The number of nitrogens with zero attached hydrogens (tertiary/aromatic N) is 1. The second kappa shape index (κ2) is 3.88. The first-order valence-electron chi connectivity index (χ1n) is 6.21. The van der Waals surface area contributed by atoms with Gasteiger partial charge in [0.25, 0.3) is 0 Å². The molecule has 0 amide bonds. The van der Waals surface area contributed by atoms with E-state index in [0.29, 0.717) is 11.7 Å². The summed E-state index contributed by atoms with van der Waals surface area (Å²) in [5.41, 5.74) is 7.09. The Morgan fingerprint density at radius 3 is 2.67 bits per heavy atom. The third-order valence-corrected chi connectivity index (χ3v) is 3.98. The summed E-state index contributed by atoms with van der Waals surface area (Å²) in [5, 5.41) is 0. The van der Waals surface area contributed by atoms with E-state index >= 15 is 0 Å². The molecule has 2 heterocycles. The van der Waals surface area contributed by atoms with Crippen LogP contribution >= 0.6 is 0 Å². The Kier molecular flexibility index (Phi) is 2.55. The topological polar surface area (TPSA) is 29.3 Å². The van der Waals surface area contributed by atoms with Gasteiger partial charge in [0.15, 0.2) is 0 Å². The number of fused-ring (bicyclic) bond motifs is 3. The Labute approximate surface area is 104 Å². The molecule has 3 rings (SSSR count). The zero-order chi connectivity index (χ0) is 12.9. The molecule has 2 atom stereocenters. The van der Waals surface area contributed by atoms with Gasteiger partial charge in [-0.3, -0.25) is 0 Å². The highest BCUT2D eigenvalue weighted by atomic mass is 19.4. The molecule has 2 N–H and O–H groups in total. The predicted molar refractivity (Wildman–Crippen MR) is 63.2 cm³/mol. The lowest BCUT2D eigenvalue weighted by molar-refractivity contribution is -0.137. The predicted octanol–water partition coefficient (Wildman–Crippen LogP) is 2.91. The first-order chi connectivity index (χ1) is 8.47. The number of nitrogens with two attached hydrogens (primary N) is 1. The standard InChI is InChI=1S/C13H15F3N2/c14-13(15,16)9-3-1-8-2-4-10-5-6-12(17)18(10)11(8)7-9/h1,3,7,10,12H,2,4-6,17H2. The van der Waals surface area contributed by atoms with Crippen LogP contribution in [0.5, 0.6) is 0 Å². The molecule has 0 saturated carbocycles. The minimum absolute atomic E-state index is 0.141. The molecule has 1 aromatic rings. The van der Waals surface area contributed by atoms with Gasteiger partial charge in [0.1, 0.15) is 0 Å². The Bertz CT molecular complexity index is 470. The van der Waals surface area contributed by atoms with Crippen LogP contribution in [0.3, 0.4) is 0 Å². The molecule has 0 bridgehead atoms. The molecule has 0 aliphatic carbocycles. The fourth-order valence-electron chi connectivity index (χ4n) is 3.08. The lowest BCUT2D eigenvalue weighted by Gasteiger charge is -2.36. The molecule has 1 aromatic carbocycles. The molecule has 2 aliphatic rings. The van der Waals surface area contributed by atoms with Crippen molar-refractivity contribution in [1.82, 2.24) is 0 Å². The summed E-state index contributed by atoms with van der Waals surface area (Å²) >= 11 is 0. The van der Waals surface area contributed by atoms with Crippen molar-refractivity contribution in [1.29, 1.82) is 0 Å². The molecule has 1 saturated heterocycles. The van der Waals surface area contributed by atoms with Crippen LogP contribution in [-0.2, 0) is 12.6 Å². The number of aryl methyl sites for hydroxylation is 1. The summed E-state index contributed by atoms with van der Waals surface area (Å²) in [6, 6.07) is 4.34. The number of rotatable bonds is 0. The Morgan fingerprint density at radius 2 is 1.94 bits per heavy atom. The van der Waals surface area contributed by atoms with Gasteiger partial charge in [-0.05, 0) is 43.4 Å². The van der Waals surface area contributed by atoms with E-state index in [4.69, 9.17) is 5.73 Å². The van der Waals surface area contributed by atoms with Gasteiger partial charge in [-0.1, -0.05) is 6.07 Å². The van der Waals surface area contributed by atoms with E-state index in [2.05, 4.69) is 0 Å². The van der Waals surface area contributed by atoms with Gasteiger partial charge in [0, 0.05) is 11.7 Å². The minimum Gasteiger partial charge on any atom is -0.353 e. The number of halogens is 3. The van der Waals surface area contributed by atoms with Crippen LogP contribution in [0, 0.1) is 0 Å². The monoisotopic (exact) mass is 256 g/mol. The van der Waals surface area contributed by atoms with Gasteiger partial charge < -0.3 is 10.6 Å². The maximum absolute atomic E-state index is 12.7. The lowest BCUT2D eigenvalue weighted by Crippen LogP contribution is -2.44. The number of hydrogen-bond donors (Lipinski definition) is 1. The van der Waals surface area contributed by atoms with E-state index < -0.39 is 11.7 Å². The van der Waals surface area contributed by atoms with Crippen LogP contribution in [0.25, 0.3) is 0 Å². The molecule has 2 nitrogen and oxygen atoms in total. The normalized spacial score (nSPS) is 27.0. The van der Waals surface area contributed by atoms with Gasteiger partial charge >= 0.3 is 6.18 Å². The zero-order valence-corrected chi connectivity index (χ0v) is 9.87. The van der Waals surface area contributed by atoms with Gasteiger partial charge in [-0.25, -0.2) is 0 Å². The largest absolute Gasteiger partial charge is 0.416 e. The summed E-state index contributed by atoms with van der Waals surface area (Å²) in [4.78, 5) is 1.98. The van der Waals surface area contributed by atoms with Gasteiger partial charge in [0.05, 0.1) is 11.7 Å². The van der Waals surface area contributed by atoms with Gasteiger partial charge in [-0.15, -0.1) is 0 Å². The van der Waals surface area contributed by atoms with Crippen molar-refractivity contribution in [2.24, 2.45) is 5.73 Å². The van der Waals surface area contributed by atoms with Crippen LogP contribution in [0.2, 0.25) is 0 Å². The van der Waals surface area contributed by atoms with Crippen molar-refractivity contribution in [2.75, 3.05) is 4.90 Å². The van der Waals surface area contributed by atoms with Crippen LogP contribution < -0.4 is 10.6 Å². The molecule has 2 unspecified atom stereocenters. The molecule has 0 spiro atoms. The average molecular weight is 256 g/mol. The van der Waals surface area contributed by atoms with Crippen LogP contribution in [0.1, 0.15) is 30.4 Å². The fourth-order valence-corrected chi connectivity index (χ4v) is 3.08. The maximum Gasteiger partial charge on any atom is 0.416 e. The smallest absolute Gasteiger partial charge is 0.353 e. The number of benzene rings is 1. The first-order valence-corrected chi connectivity index (χ1v) is 6.21. The summed E-state index contributed by atoms with van der Waals surface area (Å²) < 4.78 is 38.2.